The molecule has 0 spiro atoms. The molecule has 1 fully saturated rings. The lowest BCUT2D eigenvalue weighted by Gasteiger charge is -2.27. The van der Waals surface area contributed by atoms with E-state index in [0.29, 0.717) is 12.8 Å². The maximum absolute atomic E-state index is 11.8. The third kappa shape index (κ3) is 3.37. The van der Waals surface area contributed by atoms with E-state index in [2.05, 4.69) is 5.32 Å². The lowest BCUT2D eigenvalue weighted by Crippen LogP contribution is -2.44. The smallest absolute Gasteiger partial charge is 0.311 e. The van der Waals surface area contributed by atoms with Gasteiger partial charge in [-0.3, -0.25) is 9.59 Å². The van der Waals surface area contributed by atoms with Crippen molar-refractivity contribution in [3.63, 3.8) is 0 Å². The summed E-state index contributed by atoms with van der Waals surface area (Å²) in [5.41, 5.74) is -0.807. The van der Waals surface area contributed by atoms with Gasteiger partial charge in [-0.25, -0.2) is 0 Å². The van der Waals surface area contributed by atoms with E-state index in [-0.39, 0.29) is 17.7 Å². The van der Waals surface area contributed by atoms with Crippen molar-refractivity contribution in [1.29, 1.82) is 0 Å². The molecule has 17 heavy (non-hydrogen) atoms. The Morgan fingerprint density at radius 3 is 2.47 bits per heavy atom. The van der Waals surface area contributed by atoms with Gasteiger partial charge in [0.2, 0.25) is 5.91 Å². The molecule has 1 rings (SSSR count). The van der Waals surface area contributed by atoms with Crippen LogP contribution in [0.4, 0.5) is 0 Å². The molecule has 0 aromatic heterocycles. The van der Waals surface area contributed by atoms with Crippen LogP contribution in [-0.4, -0.2) is 34.5 Å². The van der Waals surface area contributed by atoms with Gasteiger partial charge in [0, 0.05) is 6.54 Å². The maximum Gasteiger partial charge on any atom is 0.311 e. The number of thioether (sulfide) groups is 1. The van der Waals surface area contributed by atoms with Crippen molar-refractivity contribution in [3.05, 3.63) is 0 Å². The number of carbonyl (C=O) groups excluding carboxylic acids is 1. The van der Waals surface area contributed by atoms with E-state index in [1.807, 2.05) is 13.8 Å². The van der Waals surface area contributed by atoms with Crippen molar-refractivity contribution in [2.75, 3.05) is 12.3 Å². The topological polar surface area (TPSA) is 66.4 Å². The first kappa shape index (κ1) is 14.4. The zero-order chi connectivity index (χ0) is 12.9. The van der Waals surface area contributed by atoms with Crippen molar-refractivity contribution in [1.82, 2.24) is 5.32 Å². The average Bonchev–Trinajstić information content (AvgIpc) is 2.84. The van der Waals surface area contributed by atoms with Gasteiger partial charge in [0.1, 0.15) is 0 Å². The van der Waals surface area contributed by atoms with E-state index in [1.165, 1.54) is 0 Å². The zero-order valence-corrected chi connectivity index (χ0v) is 11.3. The minimum atomic E-state index is -0.818. The molecule has 1 aliphatic rings. The van der Waals surface area contributed by atoms with Gasteiger partial charge in [0.15, 0.2) is 0 Å². The molecule has 4 nitrogen and oxygen atoms in total. The van der Waals surface area contributed by atoms with Crippen LogP contribution in [0.5, 0.6) is 0 Å². The van der Waals surface area contributed by atoms with E-state index in [1.54, 1.807) is 11.8 Å². The predicted octanol–water partition coefficient (Wildman–Crippen LogP) is 1.89. The first-order valence-corrected chi connectivity index (χ1v) is 7.23. The van der Waals surface area contributed by atoms with E-state index in [9.17, 15) is 14.7 Å². The third-order valence-corrected chi connectivity index (χ3v) is 5.01. The summed E-state index contributed by atoms with van der Waals surface area (Å²) in [6.45, 7) is 3.95. The summed E-state index contributed by atoms with van der Waals surface area (Å²) in [6.07, 6.45) is 3.07. The van der Waals surface area contributed by atoms with E-state index >= 15 is 0 Å². The van der Waals surface area contributed by atoms with Crippen LogP contribution in [-0.2, 0) is 9.59 Å². The van der Waals surface area contributed by atoms with Crippen LogP contribution in [0.2, 0.25) is 0 Å². The summed E-state index contributed by atoms with van der Waals surface area (Å²) in [7, 11) is 0. The van der Waals surface area contributed by atoms with Gasteiger partial charge in [0.25, 0.3) is 0 Å². The molecule has 0 radical (unpaired) electrons. The number of amides is 1. The second-order valence-corrected chi connectivity index (χ2v) is 5.82. The zero-order valence-electron chi connectivity index (χ0n) is 10.5. The second-order valence-electron chi connectivity index (χ2n) is 4.51. The number of carboxylic acids is 1. The van der Waals surface area contributed by atoms with Crippen molar-refractivity contribution in [3.8, 4) is 0 Å². The first-order valence-electron chi connectivity index (χ1n) is 6.18. The molecule has 0 bridgehead atoms. The highest BCUT2D eigenvalue weighted by Crippen LogP contribution is 2.28. The average molecular weight is 259 g/mol. The molecule has 1 aliphatic heterocycles. The van der Waals surface area contributed by atoms with Gasteiger partial charge < -0.3 is 10.4 Å². The second kappa shape index (κ2) is 6.28. The Balaban J connectivity index is 2.51. The fourth-order valence-corrected chi connectivity index (χ4v) is 3.22. The number of hydrogen-bond acceptors (Lipinski definition) is 3. The summed E-state index contributed by atoms with van der Waals surface area (Å²) in [4.78, 5) is 23.1. The van der Waals surface area contributed by atoms with Crippen LogP contribution >= 0.6 is 11.8 Å². The molecule has 0 aliphatic carbocycles. The lowest BCUT2D eigenvalue weighted by atomic mass is 9.82. The van der Waals surface area contributed by atoms with Gasteiger partial charge in [-0.15, -0.1) is 11.8 Å². The van der Waals surface area contributed by atoms with Crippen LogP contribution in [0.15, 0.2) is 0 Å². The molecular weight excluding hydrogens is 238 g/mol. The van der Waals surface area contributed by atoms with Gasteiger partial charge in [0.05, 0.1) is 10.7 Å². The number of rotatable bonds is 6. The standard InChI is InChI=1S/C12H21NO3S/c1-3-12(4-2,11(15)16)8-13-10(14)9-6-5-7-17-9/h9H,3-8H2,1-2H3,(H,13,14)(H,15,16). The van der Waals surface area contributed by atoms with E-state index < -0.39 is 11.4 Å². The molecule has 0 saturated carbocycles. The van der Waals surface area contributed by atoms with Gasteiger partial charge >= 0.3 is 5.97 Å². The summed E-state index contributed by atoms with van der Waals surface area (Å²) in [5.74, 6) is 0.214. The van der Waals surface area contributed by atoms with Crippen LogP contribution in [0, 0.1) is 5.41 Å². The van der Waals surface area contributed by atoms with E-state index in [0.717, 1.165) is 18.6 Å². The molecule has 1 atom stereocenters. The molecule has 5 heteroatoms. The molecule has 1 heterocycles. The molecule has 0 aromatic rings. The molecule has 1 saturated heterocycles. The maximum atomic E-state index is 11.8. The molecular formula is C12H21NO3S. The monoisotopic (exact) mass is 259 g/mol. The number of carbonyl (C=O) groups is 2. The van der Waals surface area contributed by atoms with Crippen molar-refractivity contribution in [2.45, 2.75) is 44.8 Å². The molecule has 1 unspecified atom stereocenters. The largest absolute Gasteiger partial charge is 0.481 e. The highest BCUT2D eigenvalue weighted by atomic mass is 32.2. The Hall–Kier alpha value is -0.710. The fraction of sp³-hybridized carbons (Fsp3) is 0.833. The summed E-state index contributed by atoms with van der Waals surface area (Å²) in [6, 6.07) is 0. The van der Waals surface area contributed by atoms with Crippen LogP contribution in [0.25, 0.3) is 0 Å². The Bertz CT molecular complexity index is 283. The molecule has 98 valence electrons. The summed E-state index contributed by atoms with van der Waals surface area (Å²) < 4.78 is 0. The van der Waals surface area contributed by atoms with Gasteiger partial charge in [-0.05, 0) is 31.4 Å². The summed E-state index contributed by atoms with van der Waals surface area (Å²) >= 11 is 1.67. The highest BCUT2D eigenvalue weighted by molar-refractivity contribution is 8.00. The Morgan fingerprint density at radius 1 is 1.41 bits per heavy atom. The van der Waals surface area contributed by atoms with Crippen molar-refractivity contribution < 1.29 is 14.7 Å². The first-order chi connectivity index (χ1) is 8.05. The quantitative estimate of drug-likeness (QED) is 0.764. The predicted molar refractivity (Wildman–Crippen MR) is 69.1 cm³/mol. The summed E-state index contributed by atoms with van der Waals surface area (Å²) in [5, 5.41) is 12.1. The van der Waals surface area contributed by atoms with Crippen LogP contribution in [0.3, 0.4) is 0 Å². The minimum Gasteiger partial charge on any atom is -0.481 e. The van der Waals surface area contributed by atoms with Gasteiger partial charge in [-0.2, -0.15) is 0 Å². The lowest BCUT2D eigenvalue weighted by molar-refractivity contribution is -0.149. The Morgan fingerprint density at radius 2 is 2.06 bits per heavy atom. The normalized spacial score (nSPS) is 20.2. The highest BCUT2D eigenvalue weighted by Gasteiger charge is 2.36. The van der Waals surface area contributed by atoms with Crippen LogP contribution < -0.4 is 5.32 Å². The number of hydrogen-bond donors (Lipinski definition) is 2. The number of carboxylic acid groups (broad SMARTS) is 1. The molecule has 2 N–H and O–H groups in total. The Labute approximate surface area is 107 Å². The Kier molecular flexibility index (Phi) is 5.31. The number of aliphatic carboxylic acids is 1. The van der Waals surface area contributed by atoms with Crippen molar-refractivity contribution >= 4 is 23.6 Å². The number of nitrogens with one attached hydrogen (secondary N) is 1. The minimum absolute atomic E-state index is 0.0000231. The van der Waals surface area contributed by atoms with Gasteiger partial charge in [-0.1, -0.05) is 13.8 Å². The van der Waals surface area contributed by atoms with Crippen molar-refractivity contribution in [2.24, 2.45) is 5.41 Å². The van der Waals surface area contributed by atoms with Crippen LogP contribution in [0.1, 0.15) is 39.5 Å². The SMILES string of the molecule is CCC(CC)(CNC(=O)C1CCCS1)C(=O)O. The third-order valence-electron chi connectivity index (χ3n) is 3.63. The molecule has 0 aromatic carbocycles. The molecule has 1 amide bonds. The van der Waals surface area contributed by atoms with E-state index in [4.69, 9.17) is 0 Å². The fourth-order valence-electron chi connectivity index (χ4n) is 2.03.